The Bertz CT molecular complexity index is 409. The molecule has 1 aliphatic rings. The van der Waals surface area contributed by atoms with Gasteiger partial charge in [0.05, 0.1) is 0 Å². The summed E-state index contributed by atoms with van der Waals surface area (Å²) in [4.78, 5) is 2.51. The van der Waals surface area contributed by atoms with Crippen molar-refractivity contribution in [3.8, 4) is 0 Å². The van der Waals surface area contributed by atoms with Crippen LogP contribution in [0, 0.1) is 19.8 Å². The molecular formula is C15H24N2. The van der Waals surface area contributed by atoms with E-state index in [1.54, 1.807) is 0 Å². The van der Waals surface area contributed by atoms with Gasteiger partial charge >= 0.3 is 0 Å². The molecule has 1 saturated heterocycles. The van der Waals surface area contributed by atoms with Gasteiger partial charge in [0.2, 0.25) is 0 Å². The van der Waals surface area contributed by atoms with Gasteiger partial charge in [-0.05, 0) is 69.8 Å². The van der Waals surface area contributed by atoms with Crippen molar-refractivity contribution < 1.29 is 0 Å². The third-order valence-electron chi connectivity index (χ3n) is 4.48. The largest absolute Gasteiger partial charge is 0.366 e. The molecule has 0 saturated carbocycles. The predicted octanol–water partition coefficient (Wildman–Crippen LogP) is 2.87. The van der Waals surface area contributed by atoms with E-state index in [-0.39, 0.29) is 5.54 Å². The van der Waals surface area contributed by atoms with Crippen molar-refractivity contribution in [1.29, 1.82) is 0 Å². The van der Waals surface area contributed by atoms with Crippen LogP contribution in [-0.2, 0) is 0 Å². The van der Waals surface area contributed by atoms with Crippen molar-refractivity contribution in [1.82, 2.24) is 0 Å². The van der Waals surface area contributed by atoms with Crippen LogP contribution >= 0.6 is 0 Å². The first-order valence-electron chi connectivity index (χ1n) is 6.51. The van der Waals surface area contributed by atoms with E-state index in [4.69, 9.17) is 5.73 Å². The summed E-state index contributed by atoms with van der Waals surface area (Å²) in [6.45, 7) is 10.9. The normalized spacial score (nSPS) is 23.1. The minimum Gasteiger partial charge on any atom is -0.366 e. The molecule has 1 aromatic carbocycles. The van der Waals surface area contributed by atoms with Gasteiger partial charge in [0.1, 0.15) is 0 Å². The molecule has 2 rings (SSSR count). The minimum atomic E-state index is 0.177. The molecule has 17 heavy (non-hydrogen) atoms. The van der Waals surface area contributed by atoms with Gasteiger partial charge in [-0.1, -0.05) is 6.07 Å². The maximum absolute atomic E-state index is 5.88. The molecule has 0 bridgehead atoms. The zero-order chi connectivity index (χ0) is 12.6. The molecule has 1 atom stereocenters. The van der Waals surface area contributed by atoms with Crippen LogP contribution in [0.3, 0.4) is 0 Å². The SMILES string of the molecule is Cc1ccc(N2CCC(CN)C2(C)C)cc1C. The number of hydrogen-bond donors (Lipinski definition) is 1. The minimum absolute atomic E-state index is 0.177. The lowest BCUT2D eigenvalue weighted by Crippen LogP contribution is -2.44. The molecule has 1 aromatic rings. The van der Waals surface area contributed by atoms with E-state index in [1.807, 2.05) is 0 Å². The van der Waals surface area contributed by atoms with Crippen molar-refractivity contribution >= 4 is 5.69 Å². The Hall–Kier alpha value is -1.02. The van der Waals surface area contributed by atoms with Crippen LogP contribution in [0.25, 0.3) is 0 Å². The Morgan fingerprint density at radius 2 is 2.00 bits per heavy atom. The second kappa shape index (κ2) is 4.34. The van der Waals surface area contributed by atoms with Crippen LogP contribution in [-0.4, -0.2) is 18.6 Å². The van der Waals surface area contributed by atoms with Gasteiger partial charge < -0.3 is 10.6 Å². The van der Waals surface area contributed by atoms with E-state index < -0.39 is 0 Å². The molecule has 1 aliphatic heterocycles. The number of anilines is 1. The molecule has 0 amide bonds. The fourth-order valence-electron chi connectivity index (χ4n) is 2.91. The molecular weight excluding hydrogens is 208 g/mol. The summed E-state index contributed by atoms with van der Waals surface area (Å²) in [5.74, 6) is 0.601. The summed E-state index contributed by atoms with van der Waals surface area (Å²) >= 11 is 0. The van der Waals surface area contributed by atoms with E-state index in [0.29, 0.717) is 5.92 Å². The quantitative estimate of drug-likeness (QED) is 0.849. The highest BCUT2D eigenvalue weighted by atomic mass is 15.2. The summed E-state index contributed by atoms with van der Waals surface area (Å²) in [5, 5.41) is 0. The van der Waals surface area contributed by atoms with Crippen LogP contribution < -0.4 is 10.6 Å². The lowest BCUT2D eigenvalue weighted by Gasteiger charge is -2.37. The Kier molecular flexibility index (Phi) is 3.17. The molecule has 1 unspecified atom stereocenters. The maximum Gasteiger partial charge on any atom is 0.0386 e. The monoisotopic (exact) mass is 232 g/mol. The third kappa shape index (κ3) is 2.06. The highest BCUT2D eigenvalue weighted by molar-refractivity contribution is 5.53. The zero-order valence-electron chi connectivity index (χ0n) is 11.5. The predicted molar refractivity (Wildman–Crippen MR) is 74.5 cm³/mol. The van der Waals surface area contributed by atoms with Crippen molar-refractivity contribution in [2.24, 2.45) is 11.7 Å². The Balaban J connectivity index is 2.32. The first-order chi connectivity index (χ1) is 7.96. The number of nitrogens with zero attached hydrogens (tertiary/aromatic N) is 1. The highest BCUT2D eigenvalue weighted by Gasteiger charge is 2.40. The molecule has 2 nitrogen and oxygen atoms in total. The van der Waals surface area contributed by atoms with Crippen LogP contribution in [0.2, 0.25) is 0 Å². The second-order valence-electron chi connectivity index (χ2n) is 5.80. The van der Waals surface area contributed by atoms with Crippen molar-refractivity contribution in [3.05, 3.63) is 29.3 Å². The average molecular weight is 232 g/mol. The van der Waals surface area contributed by atoms with Crippen LogP contribution in [0.1, 0.15) is 31.4 Å². The molecule has 94 valence electrons. The van der Waals surface area contributed by atoms with E-state index in [2.05, 4.69) is 50.8 Å². The summed E-state index contributed by atoms with van der Waals surface area (Å²) < 4.78 is 0. The smallest absolute Gasteiger partial charge is 0.0386 e. The number of nitrogens with two attached hydrogens (primary N) is 1. The second-order valence-corrected chi connectivity index (χ2v) is 5.80. The third-order valence-corrected chi connectivity index (χ3v) is 4.48. The summed E-state index contributed by atoms with van der Waals surface area (Å²) in [7, 11) is 0. The molecule has 0 aliphatic carbocycles. The molecule has 2 N–H and O–H groups in total. The van der Waals surface area contributed by atoms with E-state index in [9.17, 15) is 0 Å². The fraction of sp³-hybridized carbons (Fsp3) is 0.600. The lowest BCUT2D eigenvalue weighted by molar-refractivity contribution is 0.374. The van der Waals surface area contributed by atoms with E-state index >= 15 is 0 Å². The Morgan fingerprint density at radius 1 is 1.29 bits per heavy atom. The molecule has 2 heteroatoms. The van der Waals surface area contributed by atoms with Gasteiger partial charge in [-0.3, -0.25) is 0 Å². The molecule has 0 aromatic heterocycles. The van der Waals surface area contributed by atoms with Gasteiger partial charge in [-0.25, -0.2) is 0 Å². The highest BCUT2D eigenvalue weighted by Crippen LogP contribution is 2.38. The van der Waals surface area contributed by atoms with E-state index in [1.165, 1.54) is 23.2 Å². The van der Waals surface area contributed by atoms with Crippen LogP contribution in [0.4, 0.5) is 5.69 Å². The van der Waals surface area contributed by atoms with E-state index in [0.717, 1.165) is 13.1 Å². The summed E-state index contributed by atoms with van der Waals surface area (Å²) in [6, 6.07) is 6.76. The number of hydrogen-bond acceptors (Lipinski definition) is 2. The standard InChI is InChI=1S/C15H24N2/c1-11-5-6-14(9-12(11)2)17-8-7-13(10-16)15(17,3)4/h5-6,9,13H,7-8,10,16H2,1-4H3. The first kappa shape index (κ1) is 12.4. The average Bonchev–Trinajstić information content (AvgIpc) is 2.57. The van der Waals surface area contributed by atoms with Crippen LogP contribution in [0.5, 0.6) is 0 Å². The number of benzene rings is 1. The van der Waals surface area contributed by atoms with Gasteiger partial charge in [0, 0.05) is 17.8 Å². The first-order valence-corrected chi connectivity index (χ1v) is 6.51. The van der Waals surface area contributed by atoms with Gasteiger partial charge in [-0.2, -0.15) is 0 Å². The Labute approximate surface area is 105 Å². The molecule has 1 heterocycles. The summed E-state index contributed by atoms with van der Waals surface area (Å²) in [5.41, 5.74) is 10.1. The molecule has 0 spiro atoms. The molecule has 1 fully saturated rings. The zero-order valence-corrected chi connectivity index (χ0v) is 11.5. The van der Waals surface area contributed by atoms with Gasteiger partial charge in [0.15, 0.2) is 0 Å². The van der Waals surface area contributed by atoms with Crippen molar-refractivity contribution in [2.45, 2.75) is 39.7 Å². The van der Waals surface area contributed by atoms with Crippen molar-refractivity contribution in [2.75, 3.05) is 18.0 Å². The van der Waals surface area contributed by atoms with Crippen LogP contribution in [0.15, 0.2) is 18.2 Å². The number of aryl methyl sites for hydroxylation is 2. The fourth-order valence-corrected chi connectivity index (χ4v) is 2.91. The Morgan fingerprint density at radius 3 is 2.53 bits per heavy atom. The topological polar surface area (TPSA) is 29.3 Å². The maximum atomic E-state index is 5.88. The van der Waals surface area contributed by atoms with Gasteiger partial charge in [0.25, 0.3) is 0 Å². The lowest BCUT2D eigenvalue weighted by atomic mass is 9.88. The van der Waals surface area contributed by atoms with Gasteiger partial charge in [-0.15, -0.1) is 0 Å². The molecule has 0 radical (unpaired) electrons. The summed E-state index contributed by atoms with van der Waals surface area (Å²) in [6.07, 6.45) is 1.20. The number of rotatable bonds is 2. The van der Waals surface area contributed by atoms with Crippen molar-refractivity contribution in [3.63, 3.8) is 0 Å².